The summed E-state index contributed by atoms with van der Waals surface area (Å²) in [7, 11) is 1.53. The first-order valence-corrected chi connectivity index (χ1v) is 12.7. The zero-order valence-corrected chi connectivity index (χ0v) is 21.8. The van der Waals surface area contributed by atoms with E-state index in [-0.39, 0.29) is 24.0 Å². The number of hydrogen-bond acceptors (Lipinski definition) is 7. The second-order valence-corrected chi connectivity index (χ2v) is 9.95. The summed E-state index contributed by atoms with van der Waals surface area (Å²) >= 11 is 0. The molecule has 0 spiro atoms. The van der Waals surface area contributed by atoms with E-state index in [1.807, 2.05) is 0 Å². The molecule has 0 N–H and O–H groups in total. The molecule has 5 aromatic rings. The van der Waals surface area contributed by atoms with Crippen molar-refractivity contribution in [1.82, 2.24) is 39.3 Å². The van der Waals surface area contributed by atoms with Gasteiger partial charge in [0.1, 0.15) is 23.5 Å². The van der Waals surface area contributed by atoms with Crippen LogP contribution in [-0.4, -0.2) is 46.4 Å². The van der Waals surface area contributed by atoms with Gasteiger partial charge in [0.05, 0.1) is 36.5 Å². The van der Waals surface area contributed by atoms with Gasteiger partial charge in [0.15, 0.2) is 17.2 Å². The van der Waals surface area contributed by atoms with E-state index >= 15 is 4.39 Å². The molecule has 0 bridgehead atoms. The minimum atomic E-state index is -4.64. The molecule has 0 saturated heterocycles. The summed E-state index contributed by atoms with van der Waals surface area (Å²) in [6, 6.07) is 4.00. The van der Waals surface area contributed by atoms with Crippen LogP contribution in [-0.2, 0) is 12.7 Å². The maximum absolute atomic E-state index is 15.3. The van der Waals surface area contributed by atoms with Crippen molar-refractivity contribution < 1.29 is 22.3 Å². The highest BCUT2D eigenvalue weighted by Crippen LogP contribution is 2.45. The summed E-state index contributed by atoms with van der Waals surface area (Å²) in [5, 5.41) is 5.09. The lowest BCUT2D eigenvalue weighted by atomic mass is 10.1. The highest BCUT2D eigenvalue weighted by atomic mass is 19.4. The van der Waals surface area contributed by atoms with Gasteiger partial charge in [-0.05, 0) is 44.4 Å². The van der Waals surface area contributed by atoms with Gasteiger partial charge in [-0.15, -0.1) is 0 Å². The lowest BCUT2D eigenvalue weighted by Gasteiger charge is -2.13. The molecule has 1 fully saturated rings. The molecule has 4 aromatic heterocycles. The highest BCUT2D eigenvalue weighted by Gasteiger charge is 2.36. The molecule has 9 nitrogen and oxygen atoms in total. The van der Waals surface area contributed by atoms with Crippen LogP contribution < -0.4 is 4.74 Å². The predicted octanol–water partition coefficient (Wildman–Crippen LogP) is 5.82. The number of methoxy groups -OCH3 is 1. The summed E-state index contributed by atoms with van der Waals surface area (Å²) in [5.41, 5.74) is 1.45. The van der Waals surface area contributed by atoms with Crippen molar-refractivity contribution in [3.63, 3.8) is 0 Å². The molecule has 0 aliphatic heterocycles. The quantitative estimate of drug-likeness (QED) is 0.235. The number of aromatic nitrogens is 8. The van der Waals surface area contributed by atoms with Crippen LogP contribution >= 0.6 is 0 Å². The van der Waals surface area contributed by atoms with Gasteiger partial charge in [-0.25, -0.2) is 34.0 Å². The maximum Gasteiger partial charge on any atom is 0.434 e. The monoisotopic (exact) mass is 552 g/mol. The molecule has 1 aliphatic rings. The molecule has 0 radical (unpaired) electrons. The Morgan fingerprint density at radius 2 is 1.88 bits per heavy atom. The van der Waals surface area contributed by atoms with E-state index in [1.165, 1.54) is 30.1 Å². The number of benzene rings is 1. The average molecular weight is 553 g/mol. The lowest BCUT2D eigenvalue weighted by molar-refractivity contribution is -0.140. The molecular formula is C27H24F4N8O. The molecule has 206 valence electrons. The van der Waals surface area contributed by atoms with E-state index in [4.69, 9.17) is 9.72 Å². The fourth-order valence-electron chi connectivity index (χ4n) is 4.65. The van der Waals surface area contributed by atoms with Gasteiger partial charge >= 0.3 is 6.18 Å². The van der Waals surface area contributed by atoms with Crippen molar-refractivity contribution in [2.75, 3.05) is 7.11 Å². The molecule has 6 rings (SSSR count). The Bertz CT molecular complexity index is 1720. The van der Waals surface area contributed by atoms with E-state index in [0.29, 0.717) is 39.8 Å². The van der Waals surface area contributed by atoms with Crippen LogP contribution in [0, 0.1) is 5.82 Å². The first-order chi connectivity index (χ1) is 19.1. The molecule has 13 heteroatoms. The molecular weight excluding hydrogens is 528 g/mol. The number of imidazole rings is 1. The van der Waals surface area contributed by atoms with Crippen LogP contribution in [0.3, 0.4) is 0 Å². The Kier molecular flexibility index (Phi) is 6.23. The topological polar surface area (TPSA) is 96.4 Å². The zero-order chi connectivity index (χ0) is 28.2. The highest BCUT2D eigenvalue weighted by molar-refractivity contribution is 5.77. The SMILES string of the molecule is COc1ncnc(C2CC2)c1-c1ncc2cnn(Cc3ccc(-c4nc(C(F)(F)F)cn4C(C)C)c(F)c3)c2n1. The fraction of sp³-hybridized carbons (Fsp3) is 0.333. The Morgan fingerprint density at radius 1 is 1.07 bits per heavy atom. The molecule has 40 heavy (non-hydrogen) atoms. The standard InChI is InChI=1S/C27H24F4N8O/c1-14(2)38-12-20(27(29,30)31)36-25(38)18-7-4-15(8-19(18)28)11-39-24-17(10-35-39)9-32-23(37-24)21-22(16-5-6-16)33-13-34-26(21)40-3/h4,7-10,12-14,16H,5-6,11H2,1-3H3. The smallest absolute Gasteiger partial charge is 0.434 e. The van der Waals surface area contributed by atoms with Crippen LogP contribution in [0.2, 0.25) is 0 Å². The van der Waals surface area contributed by atoms with E-state index in [1.54, 1.807) is 37.0 Å². The largest absolute Gasteiger partial charge is 0.480 e. The first-order valence-electron chi connectivity index (χ1n) is 12.7. The summed E-state index contributed by atoms with van der Waals surface area (Å²) in [6.45, 7) is 3.59. The van der Waals surface area contributed by atoms with Crippen molar-refractivity contribution in [1.29, 1.82) is 0 Å². The number of alkyl halides is 3. The molecule has 1 aliphatic carbocycles. The number of nitrogens with zero attached hydrogens (tertiary/aromatic N) is 8. The Hall–Kier alpha value is -4.42. The van der Waals surface area contributed by atoms with Gasteiger partial charge in [0.25, 0.3) is 0 Å². The van der Waals surface area contributed by atoms with Crippen LogP contribution in [0.1, 0.15) is 55.6 Å². The fourth-order valence-corrected chi connectivity index (χ4v) is 4.65. The van der Waals surface area contributed by atoms with Gasteiger partial charge < -0.3 is 9.30 Å². The number of fused-ring (bicyclic) bond motifs is 1. The van der Waals surface area contributed by atoms with Crippen molar-refractivity contribution >= 4 is 11.0 Å². The minimum Gasteiger partial charge on any atom is -0.480 e. The van der Waals surface area contributed by atoms with Crippen LogP contribution in [0.15, 0.2) is 43.1 Å². The predicted molar refractivity (Wildman–Crippen MR) is 137 cm³/mol. The van der Waals surface area contributed by atoms with E-state index in [0.717, 1.165) is 24.7 Å². The molecule has 4 heterocycles. The third-order valence-electron chi connectivity index (χ3n) is 6.79. The van der Waals surface area contributed by atoms with Gasteiger partial charge in [-0.3, -0.25) is 0 Å². The summed E-state index contributed by atoms with van der Waals surface area (Å²) in [6.07, 6.45) is 3.03. The number of halogens is 4. The number of ether oxygens (including phenoxy) is 1. The van der Waals surface area contributed by atoms with Crippen molar-refractivity contribution in [3.8, 4) is 28.7 Å². The van der Waals surface area contributed by atoms with E-state index in [9.17, 15) is 13.2 Å². The molecule has 0 atom stereocenters. The maximum atomic E-state index is 15.3. The van der Waals surface area contributed by atoms with Crippen LogP contribution in [0.5, 0.6) is 5.88 Å². The molecule has 1 aromatic carbocycles. The summed E-state index contributed by atoms with van der Waals surface area (Å²) < 4.78 is 63.6. The van der Waals surface area contributed by atoms with E-state index in [2.05, 4.69) is 25.0 Å². The van der Waals surface area contributed by atoms with Gasteiger partial charge in [-0.2, -0.15) is 18.3 Å². The lowest BCUT2D eigenvalue weighted by Crippen LogP contribution is -2.06. The summed E-state index contributed by atoms with van der Waals surface area (Å²) in [4.78, 5) is 21.6. The Morgan fingerprint density at radius 3 is 2.55 bits per heavy atom. The van der Waals surface area contributed by atoms with Gasteiger partial charge in [-0.1, -0.05) is 6.07 Å². The normalized spacial score (nSPS) is 13.9. The van der Waals surface area contributed by atoms with E-state index < -0.39 is 17.7 Å². The third-order valence-corrected chi connectivity index (χ3v) is 6.79. The van der Waals surface area contributed by atoms with Crippen molar-refractivity contribution in [2.45, 2.75) is 51.4 Å². The van der Waals surface area contributed by atoms with Gasteiger partial charge in [0.2, 0.25) is 5.88 Å². The third kappa shape index (κ3) is 4.65. The summed E-state index contributed by atoms with van der Waals surface area (Å²) in [5.74, 6) is 0.310. The second kappa shape index (κ2) is 9.65. The van der Waals surface area contributed by atoms with Crippen LogP contribution in [0.25, 0.3) is 33.8 Å². The number of hydrogen-bond donors (Lipinski definition) is 0. The van der Waals surface area contributed by atoms with Crippen LogP contribution in [0.4, 0.5) is 17.6 Å². The molecule has 0 amide bonds. The van der Waals surface area contributed by atoms with Crippen molar-refractivity contribution in [2.24, 2.45) is 0 Å². The molecule has 0 unspecified atom stereocenters. The zero-order valence-electron chi connectivity index (χ0n) is 21.8. The first kappa shape index (κ1) is 25.8. The Balaban J connectivity index is 1.35. The average Bonchev–Trinajstić information content (AvgIpc) is 3.54. The minimum absolute atomic E-state index is 0.0216. The Labute approximate surface area is 225 Å². The van der Waals surface area contributed by atoms with Crippen molar-refractivity contribution in [3.05, 3.63) is 65.9 Å². The second-order valence-electron chi connectivity index (χ2n) is 9.95. The number of rotatable bonds is 7. The molecule has 1 saturated carbocycles. The van der Waals surface area contributed by atoms with Gasteiger partial charge in [0, 0.05) is 24.4 Å².